The lowest BCUT2D eigenvalue weighted by atomic mass is 10.2. The second-order valence-corrected chi connectivity index (χ2v) is 7.78. The van der Waals surface area contributed by atoms with Crippen LogP contribution in [-0.4, -0.2) is 37.1 Å². The predicted molar refractivity (Wildman–Crippen MR) is 114 cm³/mol. The van der Waals surface area contributed by atoms with E-state index in [1.807, 2.05) is 18.7 Å². The molecule has 2 aromatic rings. The van der Waals surface area contributed by atoms with Gasteiger partial charge in [0.05, 0.1) is 6.54 Å². The van der Waals surface area contributed by atoms with E-state index in [-0.39, 0.29) is 12.1 Å². The van der Waals surface area contributed by atoms with Crippen LogP contribution in [0.1, 0.15) is 18.1 Å². The minimum atomic E-state index is -0.451. The average molecular weight is 405 g/mol. The van der Waals surface area contributed by atoms with E-state index in [2.05, 4.69) is 44.8 Å². The summed E-state index contributed by atoms with van der Waals surface area (Å²) in [7, 11) is 0. The van der Waals surface area contributed by atoms with Crippen molar-refractivity contribution < 1.29 is 8.78 Å². The number of benzene rings is 2. The lowest BCUT2D eigenvalue weighted by Crippen LogP contribution is -2.37. The summed E-state index contributed by atoms with van der Waals surface area (Å²) in [5.41, 5.74) is 2.62. The largest absolute Gasteiger partial charge is 0.370 e. The van der Waals surface area contributed by atoms with Crippen molar-refractivity contribution in [3.63, 3.8) is 0 Å². The number of nitrogens with zero attached hydrogens (tertiary/aromatic N) is 2. The Bertz CT molecular complexity index is 789. The third kappa shape index (κ3) is 5.86. The molecule has 0 saturated carbocycles. The molecule has 0 bridgehead atoms. The van der Waals surface area contributed by atoms with E-state index in [1.54, 1.807) is 0 Å². The van der Waals surface area contributed by atoms with E-state index in [9.17, 15) is 8.78 Å². The number of hydrogen-bond acceptors (Lipinski definition) is 3. The number of hydrogen-bond donors (Lipinski definition) is 2. The third-order valence-electron chi connectivity index (χ3n) is 4.53. The van der Waals surface area contributed by atoms with Gasteiger partial charge in [-0.05, 0) is 42.8 Å². The smallest absolute Gasteiger partial charge is 0.191 e. The Morgan fingerprint density at radius 3 is 2.54 bits per heavy atom. The summed E-state index contributed by atoms with van der Waals surface area (Å²) in [6.45, 7) is 5.51. The van der Waals surface area contributed by atoms with Gasteiger partial charge >= 0.3 is 0 Å². The number of rotatable bonds is 6. The topological polar surface area (TPSA) is 39.7 Å². The standard InChI is InChI=1S/C21H26F2N4S/c1-2-24-21(26-15-17-13-18(22)5-8-20(17)23)25-14-16-3-6-19(7-4-16)27-9-11-28-12-10-27/h3-8,13H,2,9-12,14-15H2,1H3,(H2,24,25,26). The highest BCUT2D eigenvalue weighted by atomic mass is 32.2. The maximum absolute atomic E-state index is 13.8. The van der Waals surface area contributed by atoms with Crippen LogP contribution in [0.3, 0.4) is 0 Å². The van der Waals surface area contributed by atoms with Crippen LogP contribution in [0.2, 0.25) is 0 Å². The molecule has 1 saturated heterocycles. The summed E-state index contributed by atoms with van der Waals surface area (Å²) in [4.78, 5) is 6.96. The molecule has 0 atom stereocenters. The molecule has 150 valence electrons. The molecule has 0 spiro atoms. The van der Waals surface area contributed by atoms with Crippen LogP contribution >= 0.6 is 11.8 Å². The average Bonchev–Trinajstić information content (AvgIpc) is 2.73. The van der Waals surface area contributed by atoms with Crippen LogP contribution in [0, 0.1) is 11.6 Å². The summed E-state index contributed by atoms with van der Waals surface area (Å²) in [6.07, 6.45) is 0. The third-order valence-corrected chi connectivity index (χ3v) is 5.47. The fourth-order valence-electron chi connectivity index (χ4n) is 3.00. The van der Waals surface area contributed by atoms with Gasteiger partial charge in [-0.25, -0.2) is 13.8 Å². The maximum Gasteiger partial charge on any atom is 0.191 e. The minimum absolute atomic E-state index is 0.168. The summed E-state index contributed by atoms with van der Waals surface area (Å²) in [6, 6.07) is 11.9. The summed E-state index contributed by atoms with van der Waals surface area (Å²) >= 11 is 2.00. The summed E-state index contributed by atoms with van der Waals surface area (Å²) in [5.74, 6) is 2.04. The monoisotopic (exact) mass is 404 g/mol. The molecule has 2 N–H and O–H groups in total. The quantitative estimate of drug-likeness (QED) is 0.568. The highest BCUT2D eigenvalue weighted by molar-refractivity contribution is 7.99. The summed E-state index contributed by atoms with van der Waals surface area (Å²) in [5, 5.41) is 6.19. The number of nitrogens with one attached hydrogen (secondary N) is 2. The normalized spacial score (nSPS) is 14.8. The number of thioether (sulfide) groups is 1. The number of anilines is 1. The molecule has 28 heavy (non-hydrogen) atoms. The first-order valence-electron chi connectivity index (χ1n) is 9.53. The fourth-order valence-corrected chi connectivity index (χ4v) is 3.91. The van der Waals surface area contributed by atoms with Crippen LogP contribution in [-0.2, 0) is 13.1 Å². The molecule has 1 aliphatic rings. The van der Waals surface area contributed by atoms with Crippen molar-refractivity contribution in [3.05, 3.63) is 65.2 Å². The second kappa shape index (κ2) is 10.3. The van der Waals surface area contributed by atoms with E-state index in [0.29, 0.717) is 19.0 Å². The lowest BCUT2D eigenvalue weighted by Gasteiger charge is -2.28. The first kappa shape index (κ1) is 20.5. The van der Waals surface area contributed by atoms with Crippen molar-refractivity contribution in [3.8, 4) is 0 Å². The van der Waals surface area contributed by atoms with E-state index in [1.165, 1.54) is 23.3 Å². The van der Waals surface area contributed by atoms with E-state index < -0.39 is 11.6 Å². The zero-order valence-electron chi connectivity index (χ0n) is 16.0. The highest BCUT2D eigenvalue weighted by Gasteiger charge is 2.10. The van der Waals surface area contributed by atoms with Crippen molar-refractivity contribution in [2.45, 2.75) is 20.0 Å². The van der Waals surface area contributed by atoms with Gasteiger partial charge in [-0.3, -0.25) is 0 Å². The first-order valence-corrected chi connectivity index (χ1v) is 10.7. The number of halogens is 2. The molecule has 7 heteroatoms. The van der Waals surface area contributed by atoms with Crippen molar-refractivity contribution in [2.24, 2.45) is 4.99 Å². The van der Waals surface area contributed by atoms with Crippen molar-refractivity contribution >= 4 is 23.4 Å². The number of aliphatic imine (C=N–C) groups is 1. The van der Waals surface area contributed by atoms with Gasteiger partial charge in [-0.1, -0.05) is 12.1 Å². The van der Waals surface area contributed by atoms with Crippen molar-refractivity contribution in [2.75, 3.05) is 36.0 Å². The van der Waals surface area contributed by atoms with Crippen LogP contribution in [0.4, 0.5) is 14.5 Å². The van der Waals surface area contributed by atoms with E-state index in [4.69, 9.17) is 0 Å². The van der Waals surface area contributed by atoms with Crippen LogP contribution in [0.25, 0.3) is 0 Å². The molecule has 0 amide bonds. The van der Waals surface area contributed by atoms with Gasteiger partial charge in [0, 0.05) is 48.9 Å². The zero-order chi connectivity index (χ0) is 19.8. The lowest BCUT2D eigenvalue weighted by molar-refractivity contribution is 0.581. The Morgan fingerprint density at radius 1 is 1.07 bits per heavy atom. The van der Waals surface area contributed by atoms with E-state index >= 15 is 0 Å². The van der Waals surface area contributed by atoms with Crippen LogP contribution in [0.15, 0.2) is 47.5 Å². The van der Waals surface area contributed by atoms with Gasteiger partial charge in [0.2, 0.25) is 0 Å². The molecule has 2 aromatic carbocycles. The maximum atomic E-state index is 13.8. The van der Waals surface area contributed by atoms with Gasteiger partial charge in [0.15, 0.2) is 5.96 Å². The van der Waals surface area contributed by atoms with Gasteiger partial charge in [0.25, 0.3) is 0 Å². The Balaban J connectivity index is 1.59. The van der Waals surface area contributed by atoms with E-state index in [0.717, 1.165) is 30.8 Å². The Labute approximate surface area is 169 Å². The molecule has 0 aromatic heterocycles. The molecular weight excluding hydrogens is 378 g/mol. The summed E-state index contributed by atoms with van der Waals surface area (Å²) < 4.78 is 27.1. The van der Waals surface area contributed by atoms with Crippen molar-refractivity contribution in [1.82, 2.24) is 10.6 Å². The van der Waals surface area contributed by atoms with Crippen LogP contribution in [0.5, 0.6) is 0 Å². The zero-order valence-corrected chi connectivity index (χ0v) is 16.9. The SMILES string of the molecule is CCNC(=NCc1ccc(N2CCSCC2)cc1)NCc1cc(F)ccc1F. The predicted octanol–water partition coefficient (Wildman–Crippen LogP) is 3.77. The van der Waals surface area contributed by atoms with Gasteiger partial charge in [-0.15, -0.1) is 0 Å². The molecule has 0 unspecified atom stereocenters. The van der Waals surface area contributed by atoms with Crippen LogP contribution < -0.4 is 15.5 Å². The molecule has 3 rings (SSSR count). The number of guanidine groups is 1. The molecule has 1 fully saturated rings. The Morgan fingerprint density at radius 2 is 1.82 bits per heavy atom. The van der Waals surface area contributed by atoms with Gasteiger partial charge < -0.3 is 15.5 Å². The first-order chi connectivity index (χ1) is 13.7. The van der Waals surface area contributed by atoms with Gasteiger partial charge in [-0.2, -0.15) is 11.8 Å². The molecular formula is C21H26F2N4S. The van der Waals surface area contributed by atoms with Crippen molar-refractivity contribution in [1.29, 1.82) is 0 Å². The molecule has 1 aliphatic heterocycles. The Kier molecular flexibility index (Phi) is 7.54. The Hall–Kier alpha value is -2.28. The molecule has 4 nitrogen and oxygen atoms in total. The second-order valence-electron chi connectivity index (χ2n) is 6.55. The molecule has 1 heterocycles. The van der Waals surface area contributed by atoms with Gasteiger partial charge in [0.1, 0.15) is 11.6 Å². The minimum Gasteiger partial charge on any atom is -0.370 e. The molecule has 0 aliphatic carbocycles. The fraction of sp³-hybridized carbons (Fsp3) is 0.381. The highest BCUT2D eigenvalue weighted by Crippen LogP contribution is 2.20. The molecule has 0 radical (unpaired) electrons.